The molecule has 8 heteroatoms. The van der Waals surface area contributed by atoms with Crippen LogP contribution < -0.4 is 4.90 Å². The molecule has 0 aliphatic heterocycles. The summed E-state index contributed by atoms with van der Waals surface area (Å²) in [6.07, 6.45) is 5.19. The number of aromatic nitrogens is 3. The van der Waals surface area contributed by atoms with Crippen LogP contribution in [0.3, 0.4) is 0 Å². The van der Waals surface area contributed by atoms with E-state index in [0.717, 1.165) is 42.9 Å². The van der Waals surface area contributed by atoms with Crippen LogP contribution in [0.5, 0.6) is 0 Å². The van der Waals surface area contributed by atoms with Crippen molar-refractivity contribution < 1.29 is 4.39 Å². The molecule has 1 aromatic heterocycles. The molecule has 0 unspecified atom stereocenters. The van der Waals surface area contributed by atoms with E-state index < -0.39 is 0 Å². The first-order valence-corrected chi connectivity index (χ1v) is 11.7. The van der Waals surface area contributed by atoms with Crippen LogP contribution in [-0.2, 0) is 6.42 Å². The van der Waals surface area contributed by atoms with Gasteiger partial charge < -0.3 is 4.90 Å². The monoisotopic (exact) mass is 496 g/mol. The Labute approximate surface area is 205 Å². The van der Waals surface area contributed by atoms with Crippen LogP contribution in [0.25, 0.3) is 5.69 Å². The molecule has 4 nitrogen and oxygen atoms in total. The van der Waals surface area contributed by atoms with Crippen LogP contribution >= 0.6 is 35.6 Å². The van der Waals surface area contributed by atoms with Crippen molar-refractivity contribution in [1.82, 2.24) is 14.8 Å². The lowest BCUT2D eigenvalue weighted by Gasteiger charge is -2.31. The minimum Gasteiger partial charge on any atom is -0.332 e. The normalized spacial score (nSPS) is 14.2. The third kappa shape index (κ3) is 5.56. The van der Waals surface area contributed by atoms with Crippen LogP contribution in [0.15, 0.2) is 42.5 Å². The Morgan fingerprint density at radius 2 is 1.84 bits per heavy atom. The summed E-state index contributed by atoms with van der Waals surface area (Å²) >= 11 is 12.6. The number of aryl methyl sites for hydroxylation is 1. The molecule has 3 aromatic rings. The van der Waals surface area contributed by atoms with Gasteiger partial charge in [-0.1, -0.05) is 62.0 Å². The maximum absolute atomic E-state index is 13.6. The summed E-state index contributed by atoms with van der Waals surface area (Å²) < 4.78 is 15.4. The van der Waals surface area contributed by atoms with E-state index in [4.69, 9.17) is 33.3 Å². The van der Waals surface area contributed by atoms with Crippen molar-refractivity contribution in [3.05, 3.63) is 69.7 Å². The molecule has 4 rings (SSSR count). The van der Waals surface area contributed by atoms with Gasteiger partial charge in [0.05, 0.1) is 16.8 Å². The number of rotatable bonds is 9. The summed E-state index contributed by atoms with van der Waals surface area (Å²) in [5.41, 5.74) is 1.86. The lowest BCUT2D eigenvalue weighted by atomic mass is 9.99. The highest BCUT2D eigenvalue weighted by Crippen LogP contribution is 2.41. The molecule has 32 heavy (non-hydrogen) atoms. The van der Waals surface area contributed by atoms with Gasteiger partial charge in [0.25, 0.3) is 0 Å². The Morgan fingerprint density at radius 1 is 1.12 bits per heavy atom. The first kappa shape index (κ1) is 24.8. The second-order valence-electron chi connectivity index (χ2n) is 8.13. The van der Waals surface area contributed by atoms with E-state index in [2.05, 4.69) is 18.7 Å². The summed E-state index contributed by atoms with van der Waals surface area (Å²) in [5, 5.41) is 6.00. The molecule has 1 fully saturated rings. The molecule has 2 aromatic carbocycles. The summed E-state index contributed by atoms with van der Waals surface area (Å²) in [6, 6.07) is 12.4. The molecule has 1 aliphatic carbocycles. The van der Waals surface area contributed by atoms with E-state index >= 15 is 0 Å². The number of benzene rings is 2. The fourth-order valence-electron chi connectivity index (χ4n) is 3.96. The Balaban J connectivity index is 0.00000289. The van der Waals surface area contributed by atoms with Gasteiger partial charge in [0, 0.05) is 18.0 Å². The van der Waals surface area contributed by atoms with Gasteiger partial charge in [0.1, 0.15) is 11.6 Å². The maximum atomic E-state index is 13.6. The van der Waals surface area contributed by atoms with Crippen molar-refractivity contribution in [3.8, 4) is 5.69 Å². The van der Waals surface area contributed by atoms with Gasteiger partial charge in [-0.2, -0.15) is 4.98 Å². The van der Waals surface area contributed by atoms with E-state index in [1.165, 1.54) is 25.0 Å². The van der Waals surface area contributed by atoms with Crippen molar-refractivity contribution in [2.45, 2.75) is 52.0 Å². The van der Waals surface area contributed by atoms with Gasteiger partial charge in [-0.25, -0.2) is 9.07 Å². The number of anilines is 1. The second-order valence-corrected chi connectivity index (χ2v) is 8.97. The first-order valence-electron chi connectivity index (χ1n) is 10.9. The quantitative estimate of drug-likeness (QED) is 0.308. The zero-order valence-electron chi connectivity index (χ0n) is 18.3. The van der Waals surface area contributed by atoms with E-state index in [0.29, 0.717) is 21.9 Å². The highest BCUT2D eigenvalue weighted by molar-refractivity contribution is 6.35. The molecule has 1 saturated carbocycles. The molecule has 0 N–H and O–H groups in total. The highest BCUT2D eigenvalue weighted by atomic mass is 35.5. The maximum Gasteiger partial charge on any atom is 0.245 e. The van der Waals surface area contributed by atoms with Crippen LogP contribution in [-0.4, -0.2) is 21.3 Å². The van der Waals surface area contributed by atoms with Crippen LogP contribution in [0.2, 0.25) is 10.0 Å². The Bertz CT molecular complexity index is 1030. The molecule has 1 atom stereocenters. The smallest absolute Gasteiger partial charge is 0.245 e. The molecule has 0 radical (unpaired) electrons. The standard InChI is InChI=1S/C24H27Cl2FN4.ClH/c1-3-13-30(22(14-16-5-6-16)17-7-10-19(27)11-8-17)24-28-23(4-2)31(29-24)21-12-9-18(25)15-20(21)26;/h7-12,15-16,22H,3-6,13-14H2,1-2H3;1H/t22-;/m0./s1. The van der Waals surface area contributed by atoms with Gasteiger partial charge in [0.2, 0.25) is 5.95 Å². The average molecular weight is 498 g/mol. The molecule has 0 bridgehead atoms. The lowest BCUT2D eigenvalue weighted by Crippen LogP contribution is -2.31. The SMILES string of the molecule is CCCN(c1nc(CC)n(-c2ccc(Cl)cc2Cl)n1)[C@@H](CC1CC1)c1ccc(F)cc1.Cl. The summed E-state index contributed by atoms with van der Waals surface area (Å²) in [5.74, 6) is 2.00. The Morgan fingerprint density at radius 3 is 2.44 bits per heavy atom. The van der Waals surface area contributed by atoms with E-state index in [1.807, 2.05) is 28.9 Å². The fraction of sp³-hybridized carbons (Fsp3) is 0.417. The molecule has 0 spiro atoms. The number of halogens is 4. The minimum absolute atomic E-state index is 0. The molecule has 0 amide bonds. The second kappa shape index (κ2) is 10.9. The molecule has 1 heterocycles. The zero-order chi connectivity index (χ0) is 22.0. The molecule has 0 saturated heterocycles. The van der Waals surface area contributed by atoms with Crippen molar-refractivity contribution in [3.63, 3.8) is 0 Å². The Kier molecular flexibility index (Phi) is 8.43. The van der Waals surface area contributed by atoms with Crippen LogP contribution in [0.1, 0.15) is 57.0 Å². The molecule has 1 aliphatic rings. The van der Waals surface area contributed by atoms with Gasteiger partial charge in [0.15, 0.2) is 0 Å². The van der Waals surface area contributed by atoms with Crippen LogP contribution in [0.4, 0.5) is 10.3 Å². The van der Waals surface area contributed by atoms with Gasteiger partial charge in [-0.3, -0.25) is 0 Å². The zero-order valence-corrected chi connectivity index (χ0v) is 20.6. The third-order valence-electron chi connectivity index (χ3n) is 5.72. The van der Waals surface area contributed by atoms with E-state index in [9.17, 15) is 4.39 Å². The molecular formula is C24H28Cl3FN4. The van der Waals surface area contributed by atoms with Gasteiger partial charge >= 0.3 is 0 Å². The summed E-state index contributed by atoms with van der Waals surface area (Å²) in [7, 11) is 0. The van der Waals surface area contributed by atoms with Crippen LogP contribution in [0, 0.1) is 11.7 Å². The number of hydrogen-bond donors (Lipinski definition) is 0. The van der Waals surface area contributed by atoms with Gasteiger partial charge in [-0.05, 0) is 54.7 Å². The largest absolute Gasteiger partial charge is 0.332 e. The first-order chi connectivity index (χ1) is 15.0. The Hall–Kier alpha value is -1.82. The predicted molar refractivity (Wildman–Crippen MR) is 132 cm³/mol. The average Bonchev–Trinajstić information content (AvgIpc) is 3.48. The van der Waals surface area contributed by atoms with Crippen molar-refractivity contribution in [2.24, 2.45) is 5.92 Å². The fourth-order valence-corrected chi connectivity index (χ4v) is 4.45. The lowest BCUT2D eigenvalue weighted by molar-refractivity contribution is 0.525. The third-order valence-corrected chi connectivity index (χ3v) is 6.26. The van der Waals surface area contributed by atoms with Crippen molar-refractivity contribution >= 4 is 41.6 Å². The highest BCUT2D eigenvalue weighted by Gasteiger charge is 2.32. The van der Waals surface area contributed by atoms with E-state index in [-0.39, 0.29) is 24.3 Å². The molecular weight excluding hydrogens is 470 g/mol. The predicted octanol–water partition coefficient (Wildman–Crippen LogP) is 7.46. The topological polar surface area (TPSA) is 34.0 Å². The summed E-state index contributed by atoms with van der Waals surface area (Å²) in [4.78, 5) is 7.16. The summed E-state index contributed by atoms with van der Waals surface area (Å²) in [6.45, 7) is 5.02. The van der Waals surface area contributed by atoms with Gasteiger partial charge in [-0.15, -0.1) is 17.5 Å². The number of hydrogen-bond acceptors (Lipinski definition) is 3. The van der Waals surface area contributed by atoms with Crippen molar-refractivity contribution in [1.29, 1.82) is 0 Å². The van der Waals surface area contributed by atoms with E-state index in [1.54, 1.807) is 6.07 Å². The molecule has 172 valence electrons. The minimum atomic E-state index is -0.219. The number of nitrogens with zero attached hydrogens (tertiary/aromatic N) is 4. The van der Waals surface area contributed by atoms with Crippen molar-refractivity contribution in [2.75, 3.05) is 11.4 Å².